The van der Waals surface area contributed by atoms with Crippen LogP contribution >= 0.6 is 0 Å². The van der Waals surface area contributed by atoms with Crippen molar-refractivity contribution in [2.24, 2.45) is 0 Å². The Balaban J connectivity index is 2.25. The van der Waals surface area contributed by atoms with Gasteiger partial charge in [0.15, 0.2) is 23.3 Å². The van der Waals surface area contributed by atoms with E-state index in [2.05, 4.69) is 0 Å². The van der Waals surface area contributed by atoms with Gasteiger partial charge in [0.05, 0.1) is 0 Å². The van der Waals surface area contributed by atoms with Crippen molar-refractivity contribution in [2.75, 3.05) is 21.3 Å². The molecule has 1 aromatic carbocycles. The van der Waals surface area contributed by atoms with Crippen molar-refractivity contribution in [2.45, 2.75) is 37.1 Å². The summed E-state index contributed by atoms with van der Waals surface area (Å²) in [5, 5.41) is 0. The molecule has 1 aliphatic rings. The first-order valence-corrected chi connectivity index (χ1v) is 9.29. The van der Waals surface area contributed by atoms with E-state index in [1.807, 2.05) is 0 Å². The summed E-state index contributed by atoms with van der Waals surface area (Å²) in [6.07, 6.45) is 1.42. The molecule has 0 radical (unpaired) electrons. The van der Waals surface area contributed by atoms with Gasteiger partial charge < -0.3 is 13.3 Å². The third-order valence-electron chi connectivity index (χ3n) is 4.73. The first-order valence-electron chi connectivity index (χ1n) is 7.49. The van der Waals surface area contributed by atoms with E-state index < -0.39 is 49.4 Å². The highest BCUT2D eigenvalue weighted by atomic mass is 28.4. The van der Waals surface area contributed by atoms with Crippen LogP contribution in [0.2, 0.25) is 5.54 Å². The molecule has 9 heteroatoms. The van der Waals surface area contributed by atoms with Gasteiger partial charge in [0.25, 0.3) is 0 Å². The van der Waals surface area contributed by atoms with E-state index in [9.17, 15) is 22.0 Å². The maximum absolute atomic E-state index is 13.9. The molecule has 1 saturated carbocycles. The van der Waals surface area contributed by atoms with Gasteiger partial charge in [-0.1, -0.05) is 0 Å². The van der Waals surface area contributed by atoms with Crippen LogP contribution in [0.15, 0.2) is 0 Å². The molecule has 0 aromatic heterocycles. The normalized spacial score (nSPS) is 22.0. The Bertz CT molecular complexity index is 564. The van der Waals surface area contributed by atoms with Crippen LogP contribution in [0.4, 0.5) is 22.0 Å². The summed E-state index contributed by atoms with van der Waals surface area (Å²) in [7, 11) is 1.50. The van der Waals surface area contributed by atoms with Gasteiger partial charge in [-0.25, -0.2) is 22.0 Å². The fourth-order valence-electron chi connectivity index (χ4n) is 3.47. The van der Waals surface area contributed by atoms with Crippen LogP contribution in [0.1, 0.15) is 37.2 Å². The standard InChI is InChI=1S/C15H19F5O3Si/c1-21-24(22-2,23-3)9-6-4-8(5-7-9)10-11(16)13(18)15(20)14(19)12(10)17/h8-9H,4-7H2,1-3H3. The average Bonchev–Trinajstić information content (AvgIpc) is 2.61. The lowest BCUT2D eigenvalue weighted by atomic mass is 9.83. The Morgan fingerprint density at radius 2 is 1.04 bits per heavy atom. The Morgan fingerprint density at radius 3 is 1.42 bits per heavy atom. The third-order valence-corrected chi connectivity index (χ3v) is 8.02. The molecule has 0 saturated heterocycles. The summed E-state index contributed by atoms with van der Waals surface area (Å²) in [6.45, 7) is 0. The fourth-order valence-corrected chi connectivity index (χ4v) is 6.01. The van der Waals surface area contributed by atoms with Crippen LogP contribution < -0.4 is 0 Å². The Hall–Kier alpha value is -1.03. The van der Waals surface area contributed by atoms with E-state index in [4.69, 9.17) is 13.3 Å². The van der Waals surface area contributed by atoms with Crippen LogP contribution in [-0.2, 0) is 13.3 Å². The molecule has 2 rings (SSSR count). The van der Waals surface area contributed by atoms with E-state index >= 15 is 0 Å². The number of hydrogen-bond donors (Lipinski definition) is 0. The summed E-state index contributed by atoms with van der Waals surface area (Å²) >= 11 is 0. The summed E-state index contributed by atoms with van der Waals surface area (Å²) in [5.74, 6) is -10.2. The summed E-state index contributed by atoms with van der Waals surface area (Å²) in [4.78, 5) is 0. The van der Waals surface area contributed by atoms with E-state index in [0.717, 1.165) is 0 Å². The van der Waals surface area contributed by atoms with Crippen LogP contribution in [0.3, 0.4) is 0 Å². The molecule has 0 unspecified atom stereocenters. The highest BCUT2D eigenvalue weighted by Gasteiger charge is 2.49. The Kier molecular flexibility index (Phi) is 6.00. The van der Waals surface area contributed by atoms with Crippen molar-refractivity contribution in [3.05, 3.63) is 34.6 Å². The molecule has 1 aromatic rings. The minimum absolute atomic E-state index is 0.0879. The van der Waals surface area contributed by atoms with Crippen LogP contribution in [0, 0.1) is 29.1 Å². The number of hydrogen-bond acceptors (Lipinski definition) is 3. The molecular weight excluding hydrogens is 351 g/mol. The Morgan fingerprint density at radius 1 is 0.667 bits per heavy atom. The van der Waals surface area contributed by atoms with Gasteiger partial charge in [-0.15, -0.1) is 0 Å². The van der Waals surface area contributed by atoms with Crippen LogP contribution in [0.5, 0.6) is 0 Å². The second-order valence-corrected chi connectivity index (χ2v) is 9.00. The van der Waals surface area contributed by atoms with Gasteiger partial charge in [0.2, 0.25) is 5.82 Å². The van der Waals surface area contributed by atoms with Crippen LogP contribution in [0.25, 0.3) is 0 Å². The van der Waals surface area contributed by atoms with Gasteiger partial charge >= 0.3 is 8.80 Å². The topological polar surface area (TPSA) is 27.7 Å². The van der Waals surface area contributed by atoms with E-state index in [-0.39, 0.29) is 18.4 Å². The monoisotopic (exact) mass is 370 g/mol. The van der Waals surface area contributed by atoms with E-state index in [0.29, 0.717) is 12.8 Å². The highest BCUT2D eigenvalue weighted by Crippen LogP contribution is 2.45. The molecule has 0 aliphatic heterocycles. The van der Waals surface area contributed by atoms with Gasteiger partial charge in [0, 0.05) is 32.4 Å². The predicted molar refractivity (Wildman–Crippen MR) is 78.0 cm³/mol. The molecule has 0 spiro atoms. The average molecular weight is 370 g/mol. The molecule has 0 amide bonds. The maximum Gasteiger partial charge on any atom is 0.503 e. The molecule has 24 heavy (non-hydrogen) atoms. The molecular formula is C15H19F5O3Si. The summed E-state index contributed by atoms with van der Waals surface area (Å²) < 4.78 is 83.9. The zero-order valence-electron chi connectivity index (χ0n) is 13.6. The summed E-state index contributed by atoms with van der Waals surface area (Å²) in [6, 6.07) is 0. The summed E-state index contributed by atoms with van der Waals surface area (Å²) in [5.41, 5.74) is -0.820. The quantitative estimate of drug-likeness (QED) is 0.335. The first-order chi connectivity index (χ1) is 11.3. The molecule has 136 valence electrons. The predicted octanol–water partition coefficient (Wildman–Crippen LogP) is 4.29. The smallest absolute Gasteiger partial charge is 0.377 e. The van der Waals surface area contributed by atoms with Gasteiger partial charge in [0.1, 0.15) is 0 Å². The zero-order chi connectivity index (χ0) is 18.1. The zero-order valence-corrected chi connectivity index (χ0v) is 14.6. The minimum atomic E-state index is -2.90. The second kappa shape index (κ2) is 7.47. The second-order valence-electron chi connectivity index (χ2n) is 5.75. The number of halogens is 5. The Labute approximate surface area is 138 Å². The van der Waals surface area contributed by atoms with Crippen molar-refractivity contribution in [3.63, 3.8) is 0 Å². The van der Waals surface area contributed by atoms with Crippen molar-refractivity contribution in [1.29, 1.82) is 0 Å². The third kappa shape index (κ3) is 3.10. The van der Waals surface area contributed by atoms with Crippen molar-refractivity contribution >= 4 is 8.80 Å². The lowest BCUT2D eigenvalue weighted by Crippen LogP contribution is -2.48. The lowest BCUT2D eigenvalue weighted by Gasteiger charge is -2.37. The van der Waals surface area contributed by atoms with Crippen molar-refractivity contribution in [1.82, 2.24) is 0 Å². The lowest BCUT2D eigenvalue weighted by molar-refractivity contribution is 0.103. The van der Waals surface area contributed by atoms with Crippen LogP contribution in [-0.4, -0.2) is 30.1 Å². The number of rotatable bonds is 5. The number of benzene rings is 1. The van der Waals surface area contributed by atoms with E-state index in [1.54, 1.807) is 0 Å². The molecule has 0 N–H and O–H groups in total. The first kappa shape index (κ1) is 19.3. The highest BCUT2D eigenvalue weighted by molar-refractivity contribution is 6.62. The largest absolute Gasteiger partial charge is 0.503 e. The molecule has 3 nitrogen and oxygen atoms in total. The van der Waals surface area contributed by atoms with E-state index in [1.165, 1.54) is 21.3 Å². The van der Waals surface area contributed by atoms with Crippen molar-refractivity contribution in [3.8, 4) is 0 Å². The minimum Gasteiger partial charge on any atom is -0.377 e. The molecule has 1 fully saturated rings. The van der Waals surface area contributed by atoms with Gasteiger partial charge in [-0.2, -0.15) is 0 Å². The molecule has 0 heterocycles. The molecule has 0 atom stereocenters. The van der Waals surface area contributed by atoms with Gasteiger partial charge in [-0.3, -0.25) is 0 Å². The molecule has 0 bridgehead atoms. The molecule has 1 aliphatic carbocycles. The fraction of sp³-hybridized carbons (Fsp3) is 0.600. The van der Waals surface area contributed by atoms with Crippen molar-refractivity contribution < 1.29 is 35.2 Å². The maximum atomic E-state index is 13.9. The SMILES string of the molecule is CO[Si](OC)(OC)C1CCC(c2c(F)c(F)c(F)c(F)c2F)CC1. The van der Waals surface area contributed by atoms with Gasteiger partial charge in [-0.05, 0) is 31.6 Å².